The van der Waals surface area contributed by atoms with E-state index in [4.69, 9.17) is 28.8 Å². The molecule has 2 aliphatic heterocycles. The van der Waals surface area contributed by atoms with Crippen LogP contribution in [0.5, 0.6) is 0 Å². The van der Waals surface area contributed by atoms with Crippen molar-refractivity contribution in [3.8, 4) is 0 Å². The Balaban J connectivity index is -0.0000000989. The second-order valence-corrected chi connectivity index (χ2v) is 10.8. The molecule has 0 amide bonds. The molecule has 0 bridgehead atoms. The summed E-state index contributed by atoms with van der Waals surface area (Å²) < 4.78 is 26.4. The van der Waals surface area contributed by atoms with Crippen molar-refractivity contribution in [3.05, 3.63) is 73.1 Å². The molecule has 2 aliphatic rings. The smallest absolute Gasteiger partial charge is 1.00 e. The van der Waals surface area contributed by atoms with Crippen molar-refractivity contribution >= 4 is 16.8 Å². The van der Waals surface area contributed by atoms with Crippen molar-refractivity contribution in [1.29, 1.82) is 0 Å². The molecule has 46 heavy (non-hydrogen) atoms. The van der Waals surface area contributed by atoms with Gasteiger partial charge in [0.2, 0.25) is 0 Å². The minimum atomic E-state index is -0.811. The van der Waals surface area contributed by atoms with Crippen LogP contribution in [-0.4, -0.2) is 114 Å². The van der Waals surface area contributed by atoms with Gasteiger partial charge in [0.05, 0.1) is 31.2 Å². The van der Waals surface area contributed by atoms with Gasteiger partial charge in [-0.1, -0.05) is 56.7 Å². The quantitative estimate of drug-likeness (QED) is 0.137. The first-order valence-corrected chi connectivity index (χ1v) is 14.2. The van der Waals surface area contributed by atoms with E-state index in [1.807, 2.05) is 53.7 Å². The molecule has 0 aromatic carbocycles. The van der Waals surface area contributed by atoms with Gasteiger partial charge in [-0.25, -0.2) is 0 Å². The molecule has 0 saturated heterocycles. The molecule has 2 rings (SSSR count). The van der Waals surface area contributed by atoms with E-state index in [2.05, 4.69) is 19.7 Å². The van der Waals surface area contributed by atoms with Crippen LogP contribution in [0.2, 0.25) is 0 Å². The van der Waals surface area contributed by atoms with Gasteiger partial charge in [0.15, 0.2) is 6.29 Å². The van der Waals surface area contributed by atoms with Crippen molar-refractivity contribution in [2.24, 2.45) is 17.8 Å². The Morgan fingerprint density at radius 3 is 1.85 bits per heavy atom. The summed E-state index contributed by atoms with van der Waals surface area (Å²) in [5.74, 6) is 0.175. The number of rotatable bonds is 12. The van der Waals surface area contributed by atoms with Gasteiger partial charge in [-0.15, -0.1) is 19.7 Å². The zero-order valence-electron chi connectivity index (χ0n) is 32.1. The zero-order chi connectivity index (χ0) is 32.6. The monoisotopic (exact) mass is 634 g/mol. The van der Waals surface area contributed by atoms with Gasteiger partial charge < -0.3 is 47.0 Å². The predicted molar refractivity (Wildman–Crippen MR) is 180 cm³/mol. The standard InChI is InChI=1S/2C11H18O3.C11H20O3.2B.2Li.2H/c1-5-9(13-4)11-8(3)10(12)7(2)6-14-11;1-5-9(13-4)10-7(2)6-8(3)11(12)14-10;1-5-10(14-4)11(13)9(3)6-8(2)7-12;;;;;;/h5-6,8-12H,1H2,2-4H3;5-7,9-12H,1H2,2-4H3;5-6,9-13H,1,7H2,2-4H3;;;;;;/q;;;;;2*+1;2*-1/b;;8-6-;;;;;;/t8-,9+,10?,11?;7-,9+,10?,11?;9?,10-,11-;;;;;;/m110....../s1. The molecule has 0 spiro atoms. The van der Waals surface area contributed by atoms with Crippen LogP contribution in [0.15, 0.2) is 73.1 Å². The molecule has 0 saturated carbocycles. The van der Waals surface area contributed by atoms with E-state index in [1.165, 1.54) is 7.11 Å². The van der Waals surface area contributed by atoms with E-state index in [9.17, 15) is 15.3 Å². The first-order chi connectivity index (χ1) is 19.8. The zero-order valence-corrected chi connectivity index (χ0v) is 30.1. The summed E-state index contributed by atoms with van der Waals surface area (Å²) in [6, 6.07) is 0. The summed E-state index contributed by atoms with van der Waals surface area (Å²) >= 11 is 0. The van der Waals surface area contributed by atoms with Gasteiger partial charge in [-0.2, -0.15) is 0 Å². The van der Waals surface area contributed by atoms with Crippen molar-refractivity contribution in [1.82, 2.24) is 0 Å². The van der Waals surface area contributed by atoms with E-state index >= 15 is 0 Å². The number of aliphatic hydroxyl groups excluding tert-OH is 4. The Morgan fingerprint density at radius 2 is 1.43 bits per heavy atom. The molecule has 0 aromatic heterocycles. The van der Waals surface area contributed by atoms with E-state index in [-0.39, 0.29) is 112 Å². The molecule has 2 heterocycles. The molecule has 9 nitrogen and oxygen atoms in total. The van der Waals surface area contributed by atoms with Crippen molar-refractivity contribution in [2.45, 2.75) is 90.6 Å². The molecule has 5 unspecified atom stereocenters. The maximum Gasteiger partial charge on any atom is 1.00 e. The second kappa shape index (κ2) is 29.2. The Bertz CT molecular complexity index is 918. The minimum Gasteiger partial charge on any atom is -1.00 e. The van der Waals surface area contributed by atoms with E-state index in [1.54, 1.807) is 38.7 Å². The van der Waals surface area contributed by atoms with Crippen LogP contribution in [0.3, 0.4) is 0 Å². The fraction of sp³-hybridized carbons (Fsp3) is 0.636. The maximum absolute atomic E-state index is 9.82. The average molecular weight is 634 g/mol. The van der Waals surface area contributed by atoms with Crippen molar-refractivity contribution in [3.63, 3.8) is 0 Å². The summed E-state index contributed by atoms with van der Waals surface area (Å²) in [6.45, 7) is 22.3. The minimum absolute atomic E-state index is 0. The van der Waals surface area contributed by atoms with E-state index < -0.39 is 18.5 Å². The van der Waals surface area contributed by atoms with E-state index in [0.717, 1.165) is 16.7 Å². The third-order valence-corrected chi connectivity index (χ3v) is 7.45. The fourth-order valence-electron chi connectivity index (χ4n) is 4.70. The third-order valence-electron chi connectivity index (χ3n) is 7.45. The van der Waals surface area contributed by atoms with Crippen LogP contribution < -0.4 is 37.7 Å². The van der Waals surface area contributed by atoms with Crippen molar-refractivity contribution in [2.75, 3.05) is 27.9 Å². The molecule has 252 valence electrons. The fourth-order valence-corrected chi connectivity index (χ4v) is 4.70. The average Bonchev–Trinajstić information content (AvgIpc) is 2.97. The summed E-state index contributed by atoms with van der Waals surface area (Å²) in [7, 11) is 4.75. The summed E-state index contributed by atoms with van der Waals surface area (Å²) in [6.07, 6.45) is 7.49. The molecular formula is C33H58B2Li2O9. The molecule has 0 aliphatic carbocycles. The first-order valence-electron chi connectivity index (χ1n) is 14.2. The number of hydrogen-bond acceptors (Lipinski definition) is 9. The van der Waals surface area contributed by atoms with Gasteiger partial charge in [0.25, 0.3) is 0 Å². The Morgan fingerprint density at radius 1 is 0.935 bits per heavy atom. The van der Waals surface area contributed by atoms with Gasteiger partial charge in [0.1, 0.15) is 24.4 Å². The second-order valence-electron chi connectivity index (χ2n) is 10.8. The molecule has 13 heteroatoms. The maximum atomic E-state index is 9.82. The third kappa shape index (κ3) is 17.6. The van der Waals surface area contributed by atoms with Crippen LogP contribution in [0.25, 0.3) is 0 Å². The predicted octanol–water partition coefficient (Wildman–Crippen LogP) is -2.43. The normalized spacial score (nSPS) is 26.8. The number of aliphatic hydroxyl groups is 4. The molecule has 4 N–H and O–H groups in total. The largest absolute Gasteiger partial charge is 1.00 e. The SMILES string of the molecule is C=C[C@H](OC)C1OC(O)C(C)=C[C@H]1C.C=C[C@H](OC)C1OC=C(C)C(O)[C@H]1C.C=C[C@H](OC)[C@@H](O)C(C)/C=C(/C)CO.[B].[B].[H-].[H-].[Li+].[Li+]. The summed E-state index contributed by atoms with van der Waals surface area (Å²) in [5, 5.41) is 38.0. The summed E-state index contributed by atoms with van der Waals surface area (Å²) in [5.41, 5.74) is 2.55. The van der Waals surface area contributed by atoms with Crippen molar-refractivity contribution < 1.29 is 84.7 Å². The Labute approximate surface area is 309 Å². The Hall–Kier alpha value is -0.755. The molecule has 6 radical (unpaired) electrons. The number of ether oxygens (including phenoxy) is 5. The number of methoxy groups -OCH3 is 3. The molecule has 11 atom stereocenters. The van der Waals surface area contributed by atoms with Gasteiger partial charge in [0, 0.05) is 55.9 Å². The van der Waals surface area contributed by atoms with Crippen LogP contribution in [0, 0.1) is 17.8 Å². The molecular weight excluding hydrogens is 576 g/mol. The first kappa shape index (κ1) is 54.7. The van der Waals surface area contributed by atoms with Gasteiger partial charge in [-0.05, 0) is 31.9 Å². The molecule has 0 aromatic rings. The van der Waals surface area contributed by atoms with E-state index in [0.29, 0.717) is 0 Å². The topological polar surface area (TPSA) is 127 Å². The Kier molecular flexibility index (Phi) is 34.7. The van der Waals surface area contributed by atoms with Gasteiger partial charge >= 0.3 is 37.7 Å². The summed E-state index contributed by atoms with van der Waals surface area (Å²) in [4.78, 5) is 0. The number of hydrogen-bond donors (Lipinski definition) is 4. The van der Waals surface area contributed by atoms with Crippen LogP contribution in [0.1, 0.15) is 44.4 Å². The van der Waals surface area contributed by atoms with Crippen LogP contribution >= 0.6 is 0 Å². The molecule has 0 fully saturated rings. The van der Waals surface area contributed by atoms with Crippen LogP contribution in [0.4, 0.5) is 0 Å². The van der Waals surface area contributed by atoms with Gasteiger partial charge in [-0.3, -0.25) is 0 Å². The van der Waals surface area contributed by atoms with Crippen LogP contribution in [-0.2, 0) is 23.7 Å².